The number of ether oxygens (including phenoxy) is 4. The van der Waals surface area contributed by atoms with Gasteiger partial charge in [-0.3, -0.25) is 15.0 Å². The fraction of sp³-hybridized carbons (Fsp3) is 0.500. The third-order valence-corrected chi connectivity index (χ3v) is 7.06. The van der Waals surface area contributed by atoms with E-state index in [2.05, 4.69) is 17.1 Å². The van der Waals surface area contributed by atoms with Gasteiger partial charge in [-0.15, -0.1) is 0 Å². The summed E-state index contributed by atoms with van der Waals surface area (Å²) in [5.74, 6) is 1.32. The van der Waals surface area contributed by atoms with Crippen LogP contribution in [0.5, 0.6) is 11.5 Å². The molecular weight excluding hydrogens is 512 g/mol. The Balaban J connectivity index is 1.34. The minimum absolute atomic E-state index is 0.0167. The second kappa shape index (κ2) is 14.7. The monoisotopic (exact) mass is 552 g/mol. The molecule has 0 aliphatic carbocycles. The van der Waals surface area contributed by atoms with Crippen LogP contribution in [0, 0.1) is 5.92 Å². The van der Waals surface area contributed by atoms with Gasteiger partial charge in [-0.25, -0.2) is 9.80 Å². The first-order valence-corrected chi connectivity index (χ1v) is 14.0. The van der Waals surface area contributed by atoms with Crippen LogP contribution in [0.3, 0.4) is 0 Å². The molecule has 2 aliphatic heterocycles. The Kier molecular flexibility index (Phi) is 10.8. The summed E-state index contributed by atoms with van der Waals surface area (Å²) in [5.41, 5.74) is 3.31. The minimum atomic E-state index is -0.480. The van der Waals surface area contributed by atoms with Gasteiger partial charge >= 0.3 is 6.09 Å². The van der Waals surface area contributed by atoms with Crippen molar-refractivity contribution < 1.29 is 28.5 Å². The van der Waals surface area contributed by atoms with Gasteiger partial charge in [0.05, 0.1) is 45.8 Å². The molecule has 0 aromatic heterocycles. The van der Waals surface area contributed by atoms with Gasteiger partial charge in [-0.05, 0) is 55.7 Å². The molecule has 2 aromatic carbocycles. The van der Waals surface area contributed by atoms with E-state index in [-0.39, 0.29) is 11.8 Å². The highest BCUT2D eigenvalue weighted by molar-refractivity contribution is 6.06. The lowest BCUT2D eigenvalue weighted by Gasteiger charge is -2.29. The van der Waals surface area contributed by atoms with Crippen LogP contribution in [-0.2, 0) is 20.8 Å². The van der Waals surface area contributed by atoms with Gasteiger partial charge in [0.1, 0.15) is 0 Å². The number of nitrogens with one attached hydrogen (secondary N) is 1. The lowest BCUT2D eigenvalue weighted by Crippen LogP contribution is -2.37. The number of nitrogens with zero attached hydrogens (tertiary/aromatic N) is 3. The van der Waals surface area contributed by atoms with Crippen molar-refractivity contribution in [1.82, 2.24) is 9.91 Å². The molecule has 2 aromatic rings. The molecule has 2 heterocycles. The number of carbonyl (C=O) groups is 2. The third kappa shape index (κ3) is 7.95. The second-order valence-electron chi connectivity index (χ2n) is 9.81. The summed E-state index contributed by atoms with van der Waals surface area (Å²) >= 11 is 0. The van der Waals surface area contributed by atoms with E-state index in [1.165, 1.54) is 5.01 Å². The summed E-state index contributed by atoms with van der Waals surface area (Å²) in [6.07, 6.45) is 1.49. The van der Waals surface area contributed by atoms with Crippen LogP contribution in [0.2, 0.25) is 0 Å². The number of rotatable bonds is 12. The van der Waals surface area contributed by atoms with Crippen LogP contribution < -0.4 is 14.8 Å². The topological polar surface area (TPSA) is 102 Å². The maximum Gasteiger partial charge on any atom is 0.411 e. The van der Waals surface area contributed by atoms with Crippen molar-refractivity contribution >= 4 is 23.4 Å². The Morgan fingerprint density at radius 3 is 2.58 bits per heavy atom. The van der Waals surface area contributed by atoms with E-state index in [0.717, 1.165) is 62.5 Å². The summed E-state index contributed by atoms with van der Waals surface area (Å²) in [4.78, 5) is 27.4. The molecule has 0 bridgehead atoms. The molecule has 4 rings (SSSR count). The zero-order valence-corrected chi connectivity index (χ0v) is 23.7. The van der Waals surface area contributed by atoms with Crippen molar-refractivity contribution in [3.63, 3.8) is 0 Å². The standard InChI is InChI=1S/C30H40N4O6/c1-4-23-20-28(35)34(32-29(23)24-9-12-26(37-3)27(19-24)39-5-2)21-22-7-10-25(11-8-22)31-30(36)40-16-6-13-33-14-17-38-18-15-33/h7-12,19,23H,4-6,13-18,20-21H2,1-3H3,(H,31,36). The number of morpholine rings is 1. The highest BCUT2D eigenvalue weighted by Gasteiger charge is 2.30. The minimum Gasteiger partial charge on any atom is -0.493 e. The molecular formula is C30H40N4O6. The number of hydrogen-bond donors (Lipinski definition) is 1. The number of hydrogen-bond acceptors (Lipinski definition) is 8. The average molecular weight is 553 g/mol. The molecule has 0 saturated carbocycles. The van der Waals surface area contributed by atoms with Crippen molar-refractivity contribution in [2.75, 3.05) is 58.5 Å². The van der Waals surface area contributed by atoms with Crippen LogP contribution in [0.4, 0.5) is 10.5 Å². The number of carbonyl (C=O) groups excluding carboxylic acids is 2. The lowest BCUT2D eigenvalue weighted by molar-refractivity contribution is -0.133. The number of amides is 2. The fourth-order valence-corrected chi connectivity index (χ4v) is 4.84. The average Bonchev–Trinajstić information content (AvgIpc) is 2.98. The Labute approximate surface area is 236 Å². The maximum absolute atomic E-state index is 12.9. The van der Waals surface area contributed by atoms with Crippen LogP contribution in [-0.4, -0.2) is 80.8 Å². The highest BCUT2D eigenvalue weighted by Crippen LogP contribution is 2.32. The number of hydrazone groups is 1. The predicted octanol–water partition coefficient (Wildman–Crippen LogP) is 4.53. The van der Waals surface area contributed by atoms with Crippen molar-refractivity contribution in [2.45, 2.75) is 39.7 Å². The third-order valence-electron chi connectivity index (χ3n) is 7.06. The molecule has 1 atom stereocenters. The Morgan fingerprint density at radius 1 is 1.10 bits per heavy atom. The van der Waals surface area contributed by atoms with Gasteiger partial charge in [-0.2, -0.15) is 5.10 Å². The van der Waals surface area contributed by atoms with Crippen molar-refractivity contribution in [3.8, 4) is 11.5 Å². The van der Waals surface area contributed by atoms with Gasteiger partial charge in [-0.1, -0.05) is 19.1 Å². The number of benzene rings is 2. The van der Waals surface area contributed by atoms with Gasteiger partial charge in [0, 0.05) is 43.2 Å². The Bertz CT molecular complexity index is 1160. The van der Waals surface area contributed by atoms with Gasteiger partial charge < -0.3 is 18.9 Å². The SMILES string of the molecule is CCOc1cc(C2=NN(Cc3ccc(NC(=O)OCCCN4CCOCC4)cc3)C(=O)CC2CC)ccc1OC. The molecule has 1 fully saturated rings. The van der Waals surface area contributed by atoms with E-state index in [0.29, 0.717) is 43.4 Å². The predicted molar refractivity (Wildman–Crippen MR) is 153 cm³/mol. The fourth-order valence-electron chi connectivity index (χ4n) is 4.84. The first kappa shape index (κ1) is 29.4. The van der Waals surface area contributed by atoms with Crippen LogP contribution in [0.25, 0.3) is 0 Å². The van der Waals surface area contributed by atoms with Crippen LogP contribution in [0.15, 0.2) is 47.6 Å². The molecule has 1 saturated heterocycles. The summed E-state index contributed by atoms with van der Waals surface area (Å²) in [5, 5.41) is 9.07. The van der Waals surface area contributed by atoms with Gasteiger partial charge in [0.25, 0.3) is 0 Å². The van der Waals surface area contributed by atoms with Gasteiger partial charge in [0.15, 0.2) is 11.5 Å². The van der Waals surface area contributed by atoms with E-state index in [1.54, 1.807) is 19.2 Å². The molecule has 10 heteroatoms. The van der Waals surface area contributed by atoms with E-state index in [9.17, 15) is 9.59 Å². The molecule has 1 unspecified atom stereocenters. The van der Waals surface area contributed by atoms with Crippen LogP contribution in [0.1, 0.15) is 44.2 Å². The normalized spacial score (nSPS) is 17.8. The maximum atomic E-state index is 12.9. The first-order chi connectivity index (χ1) is 19.5. The molecule has 216 valence electrons. The summed E-state index contributed by atoms with van der Waals surface area (Å²) in [7, 11) is 1.61. The van der Waals surface area contributed by atoms with E-state index >= 15 is 0 Å². The molecule has 10 nitrogen and oxygen atoms in total. The Hall–Kier alpha value is -3.63. The van der Waals surface area contributed by atoms with E-state index in [1.807, 2.05) is 37.3 Å². The van der Waals surface area contributed by atoms with Gasteiger partial charge in [0.2, 0.25) is 5.91 Å². The first-order valence-electron chi connectivity index (χ1n) is 14.0. The zero-order valence-electron chi connectivity index (χ0n) is 23.7. The molecule has 0 spiro atoms. The zero-order chi connectivity index (χ0) is 28.3. The molecule has 2 amide bonds. The van der Waals surface area contributed by atoms with Crippen molar-refractivity contribution in [1.29, 1.82) is 0 Å². The van der Waals surface area contributed by atoms with Crippen LogP contribution >= 0.6 is 0 Å². The smallest absolute Gasteiger partial charge is 0.411 e. The molecule has 1 N–H and O–H groups in total. The largest absolute Gasteiger partial charge is 0.493 e. The van der Waals surface area contributed by atoms with Crippen molar-refractivity contribution in [3.05, 3.63) is 53.6 Å². The second-order valence-corrected chi connectivity index (χ2v) is 9.81. The summed E-state index contributed by atoms with van der Waals surface area (Å²) in [6, 6.07) is 13.1. The quantitative estimate of drug-likeness (QED) is 0.386. The Morgan fingerprint density at radius 2 is 1.88 bits per heavy atom. The van der Waals surface area contributed by atoms with E-state index < -0.39 is 6.09 Å². The van der Waals surface area contributed by atoms with E-state index in [4.69, 9.17) is 24.0 Å². The lowest BCUT2D eigenvalue weighted by atomic mass is 9.89. The summed E-state index contributed by atoms with van der Waals surface area (Å²) < 4.78 is 21.8. The van der Waals surface area contributed by atoms with Crippen molar-refractivity contribution in [2.24, 2.45) is 11.0 Å². The highest BCUT2D eigenvalue weighted by atomic mass is 16.5. The molecule has 40 heavy (non-hydrogen) atoms. The summed E-state index contributed by atoms with van der Waals surface area (Å²) in [6.45, 7) is 9.45. The molecule has 2 aliphatic rings. The number of methoxy groups -OCH3 is 1. The number of anilines is 1. The molecule has 0 radical (unpaired) electrons.